The molecule has 0 saturated carbocycles. The van der Waals surface area contributed by atoms with Crippen molar-refractivity contribution in [3.05, 3.63) is 46.2 Å². The summed E-state index contributed by atoms with van der Waals surface area (Å²) >= 11 is 11.4. The molecule has 0 bridgehead atoms. The van der Waals surface area contributed by atoms with E-state index in [9.17, 15) is 13.2 Å². The van der Waals surface area contributed by atoms with E-state index in [2.05, 4.69) is 15.3 Å². The van der Waals surface area contributed by atoms with Crippen molar-refractivity contribution in [3.8, 4) is 0 Å². The predicted octanol–water partition coefficient (Wildman–Crippen LogP) is 4.55. The Balaban J connectivity index is 2.20. The average Bonchev–Trinajstić information content (AvgIpc) is 2.26. The van der Waals surface area contributed by atoms with Gasteiger partial charge < -0.3 is 5.32 Å². The Morgan fingerprint density at radius 3 is 1.95 bits per heavy atom. The molecule has 0 unspecified atom stereocenters. The zero-order valence-electron chi connectivity index (χ0n) is 9.17. The number of hydrogen-bond acceptors (Lipinski definition) is 3. The molecule has 1 aromatic heterocycles. The van der Waals surface area contributed by atoms with Gasteiger partial charge in [-0.05, 0) is 24.3 Å². The second-order valence-corrected chi connectivity index (χ2v) is 4.31. The van der Waals surface area contributed by atoms with Crippen LogP contribution in [0.1, 0.15) is 5.56 Å². The molecule has 8 heteroatoms. The Bertz CT molecular complexity index is 564. The molecule has 1 heterocycles. The Morgan fingerprint density at radius 1 is 0.947 bits per heavy atom. The van der Waals surface area contributed by atoms with Crippen LogP contribution in [0.2, 0.25) is 10.3 Å². The summed E-state index contributed by atoms with van der Waals surface area (Å²) in [5, 5.41) is 2.97. The maximum Gasteiger partial charge on any atom is 0.416 e. The van der Waals surface area contributed by atoms with Crippen LogP contribution in [0.4, 0.5) is 24.8 Å². The lowest BCUT2D eigenvalue weighted by Gasteiger charge is -2.08. The summed E-state index contributed by atoms with van der Waals surface area (Å²) in [4.78, 5) is 7.67. The van der Waals surface area contributed by atoms with Crippen LogP contribution < -0.4 is 5.32 Å². The van der Waals surface area contributed by atoms with E-state index in [4.69, 9.17) is 23.2 Å². The minimum absolute atomic E-state index is 0.109. The third-order valence-corrected chi connectivity index (χ3v) is 2.52. The molecule has 0 atom stereocenters. The molecule has 19 heavy (non-hydrogen) atoms. The molecule has 1 aromatic carbocycles. The molecule has 2 rings (SSSR count). The maximum absolute atomic E-state index is 12.4. The molecule has 1 N–H and O–H groups in total. The van der Waals surface area contributed by atoms with Gasteiger partial charge in [-0.25, -0.2) is 9.97 Å². The SMILES string of the molecule is FC(F)(F)c1ccc(Nc2nc(Cl)cc(Cl)n2)cc1. The smallest absolute Gasteiger partial charge is 0.324 e. The van der Waals surface area contributed by atoms with E-state index < -0.39 is 11.7 Å². The highest BCUT2D eigenvalue weighted by Gasteiger charge is 2.29. The van der Waals surface area contributed by atoms with Crippen LogP contribution in [-0.2, 0) is 6.18 Å². The van der Waals surface area contributed by atoms with E-state index in [0.29, 0.717) is 5.69 Å². The fourth-order valence-electron chi connectivity index (χ4n) is 1.32. The Labute approximate surface area is 116 Å². The van der Waals surface area contributed by atoms with Gasteiger partial charge in [0.05, 0.1) is 5.56 Å². The summed E-state index contributed by atoms with van der Waals surface area (Å²) in [6.07, 6.45) is -4.37. The number of aromatic nitrogens is 2. The van der Waals surface area contributed by atoms with Crippen LogP contribution in [-0.4, -0.2) is 9.97 Å². The summed E-state index contributed by atoms with van der Waals surface area (Å²) in [7, 11) is 0. The Morgan fingerprint density at radius 2 is 1.47 bits per heavy atom. The van der Waals surface area contributed by atoms with Crippen LogP contribution in [0.3, 0.4) is 0 Å². The van der Waals surface area contributed by atoms with Crippen LogP contribution in [0, 0.1) is 0 Å². The molecular weight excluding hydrogens is 302 g/mol. The molecule has 100 valence electrons. The Hall–Kier alpha value is -1.53. The molecule has 0 saturated heterocycles. The molecule has 0 aliphatic carbocycles. The monoisotopic (exact) mass is 307 g/mol. The van der Waals surface area contributed by atoms with E-state index in [1.807, 2.05) is 0 Å². The van der Waals surface area contributed by atoms with E-state index in [0.717, 1.165) is 12.1 Å². The van der Waals surface area contributed by atoms with Gasteiger partial charge in [0.15, 0.2) is 0 Å². The second-order valence-electron chi connectivity index (χ2n) is 3.54. The number of benzene rings is 1. The maximum atomic E-state index is 12.4. The van der Waals surface area contributed by atoms with Gasteiger partial charge in [-0.2, -0.15) is 13.2 Å². The van der Waals surface area contributed by atoms with E-state index in [-0.39, 0.29) is 16.3 Å². The summed E-state index contributed by atoms with van der Waals surface area (Å²) in [5.41, 5.74) is -0.338. The number of nitrogens with zero attached hydrogens (tertiary/aromatic N) is 2. The zero-order chi connectivity index (χ0) is 14.0. The van der Waals surface area contributed by atoms with E-state index in [1.54, 1.807) is 0 Å². The standard InChI is InChI=1S/C11H6Cl2F3N3/c12-8-5-9(13)19-10(18-8)17-7-3-1-6(2-4-7)11(14,15)16/h1-5H,(H,17,18,19). The van der Waals surface area contributed by atoms with Crippen LogP contribution in [0.15, 0.2) is 30.3 Å². The van der Waals surface area contributed by atoms with Crippen molar-refractivity contribution < 1.29 is 13.2 Å². The first-order chi connectivity index (χ1) is 8.84. The van der Waals surface area contributed by atoms with Gasteiger partial charge in [-0.15, -0.1) is 0 Å². The van der Waals surface area contributed by atoms with Crippen molar-refractivity contribution in [2.24, 2.45) is 0 Å². The molecular formula is C11H6Cl2F3N3. The van der Waals surface area contributed by atoms with Gasteiger partial charge in [0.2, 0.25) is 5.95 Å². The summed E-state index contributed by atoms with van der Waals surface area (Å²) in [6, 6.07) is 5.78. The van der Waals surface area contributed by atoms with Crippen LogP contribution in [0.25, 0.3) is 0 Å². The number of anilines is 2. The Kier molecular flexibility index (Phi) is 3.82. The van der Waals surface area contributed by atoms with E-state index >= 15 is 0 Å². The number of nitrogens with one attached hydrogen (secondary N) is 1. The number of hydrogen-bond donors (Lipinski definition) is 1. The fraction of sp³-hybridized carbons (Fsp3) is 0.0909. The number of halogens is 5. The van der Waals surface area contributed by atoms with Gasteiger partial charge >= 0.3 is 6.18 Å². The largest absolute Gasteiger partial charge is 0.416 e. The quantitative estimate of drug-likeness (QED) is 0.827. The average molecular weight is 308 g/mol. The normalized spacial score (nSPS) is 11.4. The molecule has 0 fully saturated rings. The molecule has 0 aliphatic rings. The van der Waals surface area contributed by atoms with Gasteiger partial charge in [0, 0.05) is 11.8 Å². The zero-order valence-corrected chi connectivity index (χ0v) is 10.7. The first-order valence-electron chi connectivity index (χ1n) is 4.99. The number of rotatable bonds is 2. The highest BCUT2D eigenvalue weighted by molar-refractivity contribution is 6.33. The fourth-order valence-corrected chi connectivity index (χ4v) is 1.74. The van der Waals surface area contributed by atoms with E-state index in [1.165, 1.54) is 18.2 Å². The van der Waals surface area contributed by atoms with Crippen LogP contribution in [0.5, 0.6) is 0 Å². The van der Waals surface area contributed by atoms with Gasteiger partial charge in [-0.3, -0.25) is 0 Å². The number of alkyl halides is 3. The molecule has 2 aromatic rings. The summed E-state index contributed by atoms with van der Waals surface area (Å²) in [6.45, 7) is 0. The third-order valence-electron chi connectivity index (χ3n) is 2.13. The molecule has 0 aliphatic heterocycles. The lowest BCUT2D eigenvalue weighted by Crippen LogP contribution is -2.04. The van der Waals surface area contributed by atoms with Gasteiger partial charge in [0.1, 0.15) is 10.3 Å². The van der Waals surface area contributed by atoms with Crippen molar-refractivity contribution in [3.63, 3.8) is 0 Å². The lowest BCUT2D eigenvalue weighted by molar-refractivity contribution is -0.137. The van der Waals surface area contributed by atoms with Gasteiger partial charge in [0.25, 0.3) is 0 Å². The topological polar surface area (TPSA) is 37.8 Å². The third kappa shape index (κ3) is 3.71. The summed E-state index contributed by atoms with van der Waals surface area (Å²) < 4.78 is 37.1. The highest BCUT2D eigenvalue weighted by Crippen LogP contribution is 2.30. The first kappa shape index (κ1) is 13.9. The van der Waals surface area contributed by atoms with Crippen molar-refractivity contribution in [1.29, 1.82) is 0 Å². The van der Waals surface area contributed by atoms with Crippen molar-refractivity contribution in [2.45, 2.75) is 6.18 Å². The molecule has 0 radical (unpaired) electrons. The summed E-state index contributed by atoms with van der Waals surface area (Å²) in [5.74, 6) is 0.109. The molecule has 0 amide bonds. The molecule has 3 nitrogen and oxygen atoms in total. The first-order valence-corrected chi connectivity index (χ1v) is 5.74. The van der Waals surface area contributed by atoms with Crippen molar-refractivity contribution >= 4 is 34.8 Å². The predicted molar refractivity (Wildman–Crippen MR) is 66.8 cm³/mol. The van der Waals surface area contributed by atoms with Crippen molar-refractivity contribution in [2.75, 3.05) is 5.32 Å². The minimum Gasteiger partial charge on any atom is -0.324 e. The second kappa shape index (κ2) is 5.22. The van der Waals surface area contributed by atoms with Crippen molar-refractivity contribution in [1.82, 2.24) is 9.97 Å². The van der Waals surface area contributed by atoms with Gasteiger partial charge in [-0.1, -0.05) is 23.2 Å². The van der Waals surface area contributed by atoms with Crippen LogP contribution >= 0.6 is 23.2 Å². The highest BCUT2D eigenvalue weighted by atomic mass is 35.5. The lowest BCUT2D eigenvalue weighted by atomic mass is 10.2. The minimum atomic E-state index is -4.37. The molecule has 0 spiro atoms.